The maximum Gasteiger partial charge on any atom is 0.350 e. The molecule has 0 aliphatic heterocycles. The highest BCUT2D eigenvalue weighted by Gasteiger charge is 2.20. The molecular weight excluding hydrogens is 539 g/mol. The van der Waals surface area contributed by atoms with E-state index in [0.29, 0.717) is 42.0 Å². The fourth-order valence-electron chi connectivity index (χ4n) is 3.80. The number of aromatic hydroxyl groups is 1. The van der Waals surface area contributed by atoms with Crippen LogP contribution < -0.4 is 10.6 Å². The number of carbonyl (C=O) groups is 1. The number of aliphatic imine (C=N–C) groups is 1. The first kappa shape index (κ1) is 26.4. The number of nitrogens with zero attached hydrogens (tertiary/aromatic N) is 2. The average Bonchev–Trinajstić information content (AvgIpc) is 3.15. The quantitative estimate of drug-likeness (QED) is 0.194. The molecule has 1 atom stereocenters. The van der Waals surface area contributed by atoms with Gasteiger partial charge in [0.15, 0.2) is 5.96 Å². The zero-order chi connectivity index (χ0) is 22.4. The third-order valence-electron chi connectivity index (χ3n) is 5.36. The molecule has 3 rings (SSSR count). The molecule has 0 amide bonds. The summed E-state index contributed by atoms with van der Waals surface area (Å²) in [4.78, 5) is 21.9. The molecule has 1 aromatic heterocycles. The van der Waals surface area contributed by atoms with Crippen LogP contribution in [0.2, 0.25) is 0 Å². The van der Waals surface area contributed by atoms with Crippen molar-refractivity contribution in [1.82, 2.24) is 15.6 Å². The second kappa shape index (κ2) is 12.4. The standard InChI is InChI=1S/C23H32N4O3S.HI/c1-5-24-23(25-13-18-17-10-8-7-9-16(17)11-12-19(18)28)27-15(4)21-26-14(3)20(31-21)22(29)30-6-2;/h11-12,15,28H,5-10,13H2,1-4H3,(H2,24,25,27);1H. The van der Waals surface area contributed by atoms with E-state index in [4.69, 9.17) is 9.73 Å². The van der Waals surface area contributed by atoms with Crippen molar-refractivity contribution < 1.29 is 14.6 Å². The van der Waals surface area contributed by atoms with Crippen LogP contribution in [0.3, 0.4) is 0 Å². The first-order valence-corrected chi connectivity index (χ1v) is 11.8. The number of nitrogens with one attached hydrogen (secondary N) is 2. The summed E-state index contributed by atoms with van der Waals surface area (Å²) in [6.07, 6.45) is 4.40. The van der Waals surface area contributed by atoms with Gasteiger partial charge in [0.1, 0.15) is 15.6 Å². The summed E-state index contributed by atoms with van der Waals surface area (Å²) >= 11 is 1.34. The first-order chi connectivity index (χ1) is 14.9. The third kappa shape index (κ3) is 6.34. The number of phenolic OH excluding ortho intramolecular Hbond substituents is 1. The number of benzene rings is 1. The van der Waals surface area contributed by atoms with E-state index in [0.717, 1.165) is 29.8 Å². The predicted octanol–water partition coefficient (Wildman–Crippen LogP) is 4.65. The second-order valence-electron chi connectivity index (χ2n) is 7.66. The highest BCUT2D eigenvalue weighted by molar-refractivity contribution is 14.0. The van der Waals surface area contributed by atoms with Crippen LogP contribution in [0.25, 0.3) is 0 Å². The van der Waals surface area contributed by atoms with Crippen LogP contribution in [-0.2, 0) is 24.1 Å². The molecule has 0 saturated carbocycles. The molecule has 32 heavy (non-hydrogen) atoms. The molecular formula is C23H33IN4O3S. The van der Waals surface area contributed by atoms with Gasteiger partial charge in [-0.2, -0.15) is 0 Å². The van der Waals surface area contributed by atoms with Crippen LogP contribution in [0.4, 0.5) is 0 Å². The number of rotatable bonds is 7. The van der Waals surface area contributed by atoms with Gasteiger partial charge in [-0.1, -0.05) is 6.07 Å². The Morgan fingerprint density at radius 1 is 1.31 bits per heavy atom. The number of phenols is 1. The number of hydrogen-bond acceptors (Lipinski definition) is 6. The number of guanidine groups is 1. The minimum atomic E-state index is -0.333. The van der Waals surface area contributed by atoms with Gasteiger partial charge in [0, 0.05) is 12.1 Å². The van der Waals surface area contributed by atoms with Gasteiger partial charge in [-0.05, 0) is 70.6 Å². The normalized spacial score (nSPS) is 14.2. The lowest BCUT2D eigenvalue weighted by Crippen LogP contribution is -2.38. The first-order valence-electron chi connectivity index (χ1n) is 11.0. The molecule has 3 N–H and O–H groups in total. The van der Waals surface area contributed by atoms with Gasteiger partial charge in [-0.3, -0.25) is 0 Å². The molecule has 1 aliphatic rings. The van der Waals surface area contributed by atoms with Crippen LogP contribution in [0.1, 0.15) is 76.7 Å². The molecule has 2 aromatic rings. The molecule has 0 fully saturated rings. The van der Waals surface area contributed by atoms with Crippen LogP contribution in [0, 0.1) is 6.92 Å². The monoisotopic (exact) mass is 572 g/mol. The Hall–Kier alpha value is -1.88. The Kier molecular flexibility index (Phi) is 10.2. The number of fused-ring (bicyclic) bond motifs is 1. The van der Waals surface area contributed by atoms with E-state index in [1.807, 2.05) is 26.8 Å². The zero-order valence-corrected chi connectivity index (χ0v) is 22.3. The van der Waals surface area contributed by atoms with Gasteiger partial charge in [0.25, 0.3) is 0 Å². The maximum atomic E-state index is 12.1. The molecule has 1 heterocycles. The van der Waals surface area contributed by atoms with Crippen LogP contribution in [0.15, 0.2) is 17.1 Å². The lowest BCUT2D eigenvalue weighted by Gasteiger charge is -2.20. The topological polar surface area (TPSA) is 95.8 Å². The summed E-state index contributed by atoms with van der Waals surface area (Å²) in [5.74, 6) is 0.622. The van der Waals surface area contributed by atoms with Gasteiger partial charge in [0.2, 0.25) is 0 Å². The number of halogens is 1. The van der Waals surface area contributed by atoms with Gasteiger partial charge in [-0.15, -0.1) is 35.3 Å². The predicted molar refractivity (Wildman–Crippen MR) is 139 cm³/mol. The highest BCUT2D eigenvalue weighted by Crippen LogP contribution is 2.31. The maximum absolute atomic E-state index is 12.1. The minimum Gasteiger partial charge on any atom is -0.508 e. The van der Waals surface area contributed by atoms with Gasteiger partial charge >= 0.3 is 5.97 Å². The Bertz CT molecular complexity index is 961. The molecule has 176 valence electrons. The van der Waals surface area contributed by atoms with E-state index in [-0.39, 0.29) is 36.0 Å². The molecule has 1 aromatic carbocycles. The van der Waals surface area contributed by atoms with Crippen molar-refractivity contribution in [3.05, 3.63) is 44.4 Å². The van der Waals surface area contributed by atoms with Crippen molar-refractivity contribution in [2.45, 2.75) is 66.0 Å². The smallest absolute Gasteiger partial charge is 0.350 e. The van der Waals surface area contributed by atoms with Crippen molar-refractivity contribution in [3.8, 4) is 5.75 Å². The third-order valence-corrected chi connectivity index (χ3v) is 6.68. The zero-order valence-electron chi connectivity index (χ0n) is 19.2. The molecule has 1 unspecified atom stereocenters. The van der Waals surface area contributed by atoms with Gasteiger partial charge in [0.05, 0.1) is 24.9 Å². The summed E-state index contributed by atoms with van der Waals surface area (Å²) in [5.41, 5.74) is 4.16. The van der Waals surface area contributed by atoms with E-state index in [9.17, 15) is 9.90 Å². The SMILES string of the molecule is CCNC(=NCc1c(O)ccc2c1CCCC2)NC(C)c1nc(C)c(C(=O)OCC)s1.I. The van der Waals surface area contributed by atoms with Crippen molar-refractivity contribution >= 4 is 47.2 Å². The summed E-state index contributed by atoms with van der Waals surface area (Å²) in [6, 6.07) is 3.69. The number of aromatic nitrogens is 1. The summed E-state index contributed by atoms with van der Waals surface area (Å²) < 4.78 is 5.12. The number of thiazole rings is 1. The summed E-state index contributed by atoms with van der Waals surface area (Å²) in [6.45, 7) is 9.06. The molecule has 0 spiro atoms. The highest BCUT2D eigenvalue weighted by atomic mass is 127. The Labute approximate surface area is 211 Å². The number of carbonyl (C=O) groups excluding carboxylic acids is 1. The second-order valence-corrected chi connectivity index (χ2v) is 8.69. The van der Waals surface area contributed by atoms with Gasteiger partial charge in [-0.25, -0.2) is 14.8 Å². The minimum absolute atomic E-state index is 0. The van der Waals surface area contributed by atoms with E-state index < -0.39 is 0 Å². The van der Waals surface area contributed by atoms with Crippen molar-refractivity contribution in [2.24, 2.45) is 4.99 Å². The number of esters is 1. The van der Waals surface area contributed by atoms with Gasteiger partial charge < -0.3 is 20.5 Å². The molecule has 9 heteroatoms. The number of aryl methyl sites for hydroxylation is 2. The van der Waals surface area contributed by atoms with E-state index in [1.165, 1.54) is 28.9 Å². The van der Waals surface area contributed by atoms with E-state index >= 15 is 0 Å². The lowest BCUT2D eigenvalue weighted by molar-refractivity contribution is 0.0531. The Balaban J connectivity index is 0.00000363. The van der Waals surface area contributed by atoms with Crippen molar-refractivity contribution in [3.63, 3.8) is 0 Å². The fraction of sp³-hybridized carbons (Fsp3) is 0.522. The Morgan fingerprint density at radius 2 is 2.06 bits per heavy atom. The lowest BCUT2D eigenvalue weighted by atomic mass is 9.88. The average molecular weight is 573 g/mol. The van der Waals surface area contributed by atoms with Crippen molar-refractivity contribution in [2.75, 3.05) is 13.2 Å². The van der Waals surface area contributed by atoms with E-state index in [1.54, 1.807) is 13.0 Å². The summed E-state index contributed by atoms with van der Waals surface area (Å²) in [7, 11) is 0. The van der Waals surface area contributed by atoms with E-state index in [2.05, 4.69) is 15.6 Å². The molecule has 0 radical (unpaired) electrons. The van der Waals surface area contributed by atoms with Crippen LogP contribution >= 0.6 is 35.3 Å². The molecule has 0 bridgehead atoms. The fourth-order valence-corrected chi connectivity index (χ4v) is 4.76. The Morgan fingerprint density at radius 3 is 2.78 bits per heavy atom. The number of hydrogen-bond donors (Lipinski definition) is 3. The van der Waals surface area contributed by atoms with Crippen LogP contribution in [-0.4, -0.2) is 35.2 Å². The molecule has 0 saturated heterocycles. The molecule has 7 nitrogen and oxygen atoms in total. The van der Waals surface area contributed by atoms with Crippen LogP contribution in [0.5, 0.6) is 5.75 Å². The molecule has 1 aliphatic carbocycles. The number of ether oxygens (including phenoxy) is 1. The summed E-state index contributed by atoms with van der Waals surface area (Å²) in [5, 5.41) is 17.9. The van der Waals surface area contributed by atoms with Crippen molar-refractivity contribution in [1.29, 1.82) is 0 Å². The largest absolute Gasteiger partial charge is 0.508 e.